The lowest BCUT2D eigenvalue weighted by molar-refractivity contribution is -0.197. The highest BCUT2D eigenvalue weighted by Crippen LogP contribution is 2.54. The molecular weight excluding hydrogens is 368 g/mol. The Kier molecular flexibility index (Phi) is 4.72. The van der Waals surface area contributed by atoms with Crippen LogP contribution in [0, 0.1) is 0 Å². The molecule has 0 unspecified atom stereocenters. The van der Waals surface area contributed by atoms with Gasteiger partial charge in [-0.3, -0.25) is 14.8 Å². The number of aliphatic hydroxyl groups excluding tert-OH is 1. The first-order valence-corrected chi connectivity index (χ1v) is 10.6. The fourth-order valence-electron chi connectivity index (χ4n) is 5.07. The molecule has 28 heavy (non-hydrogen) atoms. The van der Waals surface area contributed by atoms with Crippen molar-refractivity contribution in [2.45, 2.75) is 30.6 Å². The third kappa shape index (κ3) is 2.97. The number of rotatable bonds is 6. The lowest BCUT2D eigenvalue weighted by atomic mass is 9.60. The first kappa shape index (κ1) is 17.9. The van der Waals surface area contributed by atoms with Gasteiger partial charge in [0.25, 0.3) is 0 Å². The van der Waals surface area contributed by atoms with Gasteiger partial charge < -0.3 is 5.11 Å². The minimum atomic E-state index is 0.0713. The number of aliphatic hydroxyl groups is 1. The van der Waals surface area contributed by atoms with Gasteiger partial charge in [0.1, 0.15) is 5.01 Å². The Bertz CT molecular complexity index is 897. The maximum absolute atomic E-state index is 10.2. The number of hydrogen-bond donors (Lipinski definition) is 1. The fourth-order valence-corrected chi connectivity index (χ4v) is 5.72. The van der Waals surface area contributed by atoms with E-state index in [0.29, 0.717) is 5.92 Å². The van der Waals surface area contributed by atoms with Crippen LogP contribution in [0.15, 0.2) is 66.4 Å². The Morgan fingerprint density at radius 3 is 2.61 bits per heavy atom. The summed E-state index contributed by atoms with van der Waals surface area (Å²) in [7, 11) is 0. The monoisotopic (exact) mass is 392 g/mol. The number of nitrogens with zero attached hydrogens (tertiary/aromatic N) is 4. The maximum atomic E-state index is 10.2. The van der Waals surface area contributed by atoms with Gasteiger partial charge in [0, 0.05) is 55.6 Å². The first-order valence-electron chi connectivity index (χ1n) is 9.72. The molecular formula is C22H24N4OS. The summed E-state index contributed by atoms with van der Waals surface area (Å²) >= 11 is 1.72. The number of pyridine rings is 1. The fraction of sp³-hybridized carbons (Fsp3) is 0.364. The second-order valence-electron chi connectivity index (χ2n) is 7.80. The van der Waals surface area contributed by atoms with E-state index in [-0.39, 0.29) is 18.2 Å². The van der Waals surface area contributed by atoms with Crippen LogP contribution in [0.4, 0.5) is 0 Å². The van der Waals surface area contributed by atoms with Crippen molar-refractivity contribution in [3.8, 4) is 0 Å². The van der Waals surface area contributed by atoms with Gasteiger partial charge in [-0.15, -0.1) is 11.3 Å². The second kappa shape index (κ2) is 7.37. The maximum Gasteiger partial charge on any atom is 0.107 e. The van der Waals surface area contributed by atoms with Crippen LogP contribution in [0.3, 0.4) is 0 Å². The third-order valence-electron chi connectivity index (χ3n) is 6.19. The highest BCUT2D eigenvalue weighted by molar-refractivity contribution is 7.09. The molecule has 4 heterocycles. The van der Waals surface area contributed by atoms with Crippen LogP contribution in [-0.2, 0) is 13.1 Å². The molecule has 2 aliphatic heterocycles. The van der Waals surface area contributed by atoms with Gasteiger partial charge in [-0.05, 0) is 17.2 Å². The van der Waals surface area contributed by atoms with Crippen LogP contribution in [0.1, 0.15) is 22.1 Å². The quantitative estimate of drug-likeness (QED) is 0.699. The molecule has 0 saturated carbocycles. The molecule has 2 saturated heterocycles. The zero-order chi connectivity index (χ0) is 19.0. The van der Waals surface area contributed by atoms with E-state index in [9.17, 15) is 5.11 Å². The van der Waals surface area contributed by atoms with E-state index in [2.05, 4.69) is 56.2 Å². The van der Waals surface area contributed by atoms with E-state index in [1.54, 1.807) is 11.3 Å². The number of likely N-dealkylation sites (tertiary alicyclic amines) is 2. The Balaban J connectivity index is 1.41. The summed E-state index contributed by atoms with van der Waals surface area (Å²) in [4.78, 5) is 13.7. The van der Waals surface area contributed by atoms with Crippen LogP contribution in [0.2, 0.25) is 0 Å². The molecule has 144 valence electrons. The highest BCUT2D eigenvalue weighted by Gasteiger charge is 2.65. The Hall–Kier alpha value is -2.12. The molecule has 5 rings (SSSR count). The molecule has 2 aliphatic rings. The number of thiazole rings is 1. The van der Waals surface area contributed by atoms with Crippen molar-refractivity contribution in [3.05, 3.63) is 82.6 Å². The van der Waals surface area contributed by atoms with Crippen LogP contribution >= 0.6 is 11.3 Å². The highest BCUT2D eigenvalue weighted by atomic mass is 32.1. The van der Waals surface area contributed by atoms with E-state index in [4.69, 9.17) is 0 Å². The van der Waals surface area contributed by atoms with Crippen LogP contribution in [0.25, 0.3) is 0 Å². The Morgan fingerprint density at radius 2 is 1.93 bits per heavy atom. The molecule has 0 aliphatic carbocycles. The summed E-state index contributed by atoms with van der Waals surface area (Å²) in [5.74, 6) is 0.350. The average Bonchev–Trinajstić information content (AvgIpc) is 3.21. The number of benzene rings is 1. The minimum absolute atomic E-state index is 0.0713. The van der Waals surface area contributed by atoms with Crippen molar-refractivity contribution >= 4 is 11.3 Å². The van der Waals surface area contributed by atoms with Crippen LogP contribution in [-0.4, -0.2) is 56.2 Å². The largest absolute Gasteiger partial charge is 0.395 e. The van der Waals surface area contributed by atoms with Crippen molar-refractivity contribution in [2.24, 2.45) is 0 Å². The SMILES string of the molecule is OC[C@@H]1[C@@H](c2ccccc2)C2(CN(Cc3nccs3)C2)N1Cc1cccnc1. The van der Waals surface area contributed by atoms with Gasteiger partial charge in [-0.2, -0.15) is 0 Å². The molecule has 0 amide bonds. The van der Waals surface area contributed by atoms with Crippen molar-refractivity contribution in [1.82, 2.24) is 19.8 Å². The average molecular weight is 393 g/mol. The minimum Gasteiger partial charge on any atom is -0.395 e. The summed E-state index contributed by atoms with van der Waals surface area (Å²) in [6.45, 7) is 3.92. The summed E-state index contributed by atoms with van der Waals surface area (Å²) < 4.78 is 0. The van der Waals surface area contributed by atoms with E-state index in [1.165, 1.54) is 16.1 Å². The molecule has 6 heteroatoms. The van der Waals surface area contributed by atoms with Crippen molar-refractivity contribution in [1.29, 1.82) is 0 Å². The number of aromatic nitrogens is 2. The third-order valence-corrected chi connectivity index (χ3v) is 6.96. The lowest BCUT2D eigenvalue weighted by Crippen LogP contribution is -2.83. The van der Waals surface area contributed by atoms with Crippen molar-refractivity contribution < 1.29 is 5.11 Å². The molecule has 2 atom stereocenters. The molecule has 3 aromatic rings. The van der Waals surface area contributed by atoms with E-state index < -0.39 is 0 Å². The Labute approximate surface area is 169 Å². The molecule has 1 spiro atoms. The summed E-state index contributed by atoms with van der Waals surface area (Å²) in [5.41, 5.74) is 2.60. The van der Waals surface area contributed by atoms with E-state index >= 15 is 0 Å². The first-order chi connectivity index (χ1) is 13.8. The standard InChI is InChI=1S/C22H24N4OS/c27-14-19-21(18-6-2-1-3-7-18)22(26(19)12-17-5-4-8-23-11-17)15-25(16-22)13-20-24-9-10-28-20/h1-11,19,21,27H,12-16H2/t19-,21-/m1/s1. The molecule has 1 N–H and O–H groups in total. The second-order valence-corrected chi connectivity index (χ2v) is 8.78. The Morgan fingerprint density at radius 1 is 1.07 bits per heavy atom. The smallest absolute Gasteiger partial charge is 0.107 e. The number of hydrogen-bond acceptors (Lipinski definition) is 6. The summed E-state index contributed by atoms with van der Waals surface area (Å²) in [6, 6.07) is 14.9. The molecule has 1 aromatic carbocycles. The normalized spacial score (nSPS) is 24.0. The molecule has 0 bridgehead atoms. The molecule has 2 aromatic heterocycles. The van der Waals surface area contributed by atoms with E-state index in [1.807, 2.05) is 30.0 Å². The topological polar surface area (TPSA) is 52.5 Å². The van der Waals surface area contributed by atoms with Gasteiger partial charge in [-0.1, -0.05) is 36.4 Å². The zero-order valence-electron chi connectivity index (χ0n) is 15.7. The molecule has 5 nitrogen and oxygen atoms in total. The summed E-state index contributed by atoms with van der Waals surface area (Å²) in [5, 5.41) is 13.4. The molecule has 0 radical (unpaired) electrons. The van der Waals surface area contributed by atoms with Gasteiger partial charge in [0.05, 0.1) is 18.7 Å². The van der Waals surface area contributed by atoms with Gasteiger partial charge >= 0.3 is 0 Å². The predicted octanol–water partition coefficient (Wildman–Crippen LogP) is 2.75. The van der Waals surface area contributed by atoms with Crippen molar-refractivity contribution in [3.63, 3.8) is 0 Å². The van der Waals surface area contributed by atoms with Crippen LogP contribution < -0.4 is 0 Å². The van der Waals surface area contributed by atoms with Crippen molar-refractivity contribution in [2.75, 3.05) is 19.7 Å². The van der Waals surface area contributed by atoms with Gasteiger partial charge in [0.2, 0.25) is 0 Å². The van der Waals surface area contributed by atoms with Gasteiger partial charge in [-0.25, -0.2) is 4.98 Å². The molecule has 2 fully saturated rings. The van der Waals surface area contributed by atoms with Crippen LogP contribution in [0.5, 0.6) is 0 Å². The zero-order valence-corrected chi connectivity index (χ0v) is 16.5. The summed E-state index contributed by atoms with van der Waals surface area (Å²) in [6.07, 6.45) is 5.62. The van der Waals surface area contributed by atoms with Gasteiger partial charge in [0.15, 0.2) is 0 Å². The predicted molar refractivity (Wildman–Crippen MR) is 110 cm³/mol. The lowest BCUT2D eigenvalue weighted by Gasteiger charge is -2.71. The van der Waals surface area contributed by atoms with E-state index in [0.717, 1.165) is 26.2 Å².